The molecule has 0 heterocycles. The number of nitro benzene ring substituents is 3. The zero-order valence-corrected chi connectivity index (χ0v) is 16.5. The summed E-state index contributed by atoms with van der Waals surface area (Å²) in [6.07, 6.45) is 1.40. The van der Waals surface area contributed by atoms with E-state index in [1.165, 1.54) is 42.6 Å². The topological polar surface area (TPSA) is 180 Å². The SMILES string of the molecule is O=C(Oc1cccc(/C=N\Nc2ccc([N+](=O)[O-])cc2)c1)c1cc([N+](=O)[O-])cc([N+](=O)[O-])c1. The van der Waals surface area contributed by atoms with Crippen LogP contribution in [-0.2, 0) is 0 Å². The summed E-state index contributed by atoms with van der Waals surface area (Å²) in [4.78, 5) is 42.8. The van der Waals surface area contributed by atoms with Crippen molar-refractivity contribution in [3.05, 3.63) is 108 Å². The van der Waals surface area contributed by atoms with Gasteiger partial charge in [-0.1, -0.05) is 12.1 Å². The zero-order valence-electron chi connectivity index (χ0n) is 16.5. The van der Waals surface area contributed by atoms with Crippen LogP contribution in [-0.4, -0.2) is 27.0 Å². The smallest absolute Gasteiger partial charge is 0.344 e. The number of nitrogens with one attached hydrogen (secondary N) is 1. The van der Waals surface area contributed by atoms with Gasteiger partial charge in [-0.15, -0.1) is 0 Å². The van der Waals surface area contributed by atoms with Gasteiger partial charge in [-0.3, -0.25) is 35.8 Å². The van der Waals surface area contributed by atoms with Gasteiger partial charge in [0.25, 0.3) is 17.1 Å². The number of rotatable bonds is 8. The molecule has 0 fully saturated rings. The van der Waals surface area contributed by atoms with Crippen LogP contribution in [0.5, 0.6) is 5.75 Å². The van der Waals surface area contributed by atoms with Crippen LogP contribution >= 0.6 is 0 Å². The van der Waals surface area contributed by atoms with Gasteiger partial charge in [-0.25, -0.2) is 4.79 Å². The largest absolute Gasteiger partial charge is 0.423 e. The van der Waals surface area contributed by atoms with E-state index in [0.29, 0.717) is 11.3 Å². The average molecular weight is 451 g/mol. The minimum absolute atomic E-state index is 0.0619. The lowest BCUT2D eigenvalue weighted by Gasteiger charge is -2.05. The summed E-state index contributed by atoms with van der Waals surface area (Å²) in [5.41, 5.74) is 2.06. The Labute approximate surface area is 184 Å². The summed E-state index contributed by atoms with van der Waals surface area (Å²) in [5, 5.41) is 36.6. The van der Waals surface area contributed by atoms with Crippen LogP contribution in [0.1, 0.15) is 15.9 Å². The predicted molar refractivity (Wildman–Crippen MR) is 115 cm³/mol. The van der Waals surface area contributed by atoms with Crippen LogP contribution in [0.3, 0.4) is 0 Å². The summed E-state index contributed by atoms with van der Waals surface area (Å²) in [5.74, 6) is -0.937. The van der Waals surface area contributed by atoms with Crippen molar-refractivity contribution in [1.29, 1.82) is 0 Å². The Balaban J connectivity index is 1.71. The van der Waals surface area contributed by atoms with E-state index in [1.807, 2.05) is 0 Å². The third kappa shape index (κ3) is 5.91. The number of carbonyl (C=O) groups excluding carboxylic acids is 1. The van der Waals surface area contributed by atoms with Crippen LogP contribution < -0.4 is 10.2 Å². The van der Waals surface area contributed by atoms with Gasteiger partial charge in [0.1, 0.15) is 5.75 Å². The summed E-state index contributed by atoms with van der Waals surface area (Å²) in [6.45, 7) is 0. The fourth-order valence-corrected chi connectivity index (χ4v) is 2.59. The lowest BCUT2D eigenvalue weighted by Crippen LogP contribution is -2.10. The third-order valence-corrected chi connectivity index (χ3v) is 4.11. The molecule has 3 aromatic rings. The van der Waals surface area contributed by atoms with Gasteiger partial charge in [-0.2, -0.15) is 5.10 Å². The molecule has 0 aromatic heterocycles. The highest BCUT2D eigenvalue weighted by atomic mass is 16.6. The number of hydrazone groups is 1. The Morgan fingerprint density at radius 1 is 0.818 bits per heavy atom. The van der Waals surface area contributed by atoms with Crippen LogP contribution in [0.15, 0.2) is 71.8 Å². The van der Waals surface area contributed by atoms with Crippen LogP contribution in [0, 0.1) is 30.3 Å². The third-order valence-electron chi connectivity index (χ3n) is 4.11. The van der Waals surface area contributed by atoms with Gasteiger partial charge in [0, 0.05) is 24.3 Å². The molecule has 0 aliphatic rings. The van der Waals surface area contributed by atoms with E-state index in [9.17, 15) is 35.1 Å². The summed E-state index contributed by atoms with van der Waals surface area (Å²) in [6, 6.07) is 14.2. The average Bonchev–Trinajstić information content (AvgIpc) is 2.79. The molecule has 0 saturated heterocycles. The molecule has 0 amide bonds. The van der Waals surface area contributed by atoms with Crippen molar-refractivity contribution in [2.45, 2.75) is 0 Å². The van der Waals surface area contributed by atoms with Gasteiger partial charge >= 0.3 is 5.97 Å². The van der Waals surface area contributed by atoms with E-state index >= 15 is 0 Å². The molecule has 1 N–H and O–H groups in total. The number of carbonyl (C=O) groups is 1. The highest BCUT2D eigenvalue weighted by Crippen LogP contribution is 2.24. The summed E-state index contributed by atoms with van der Waals surface area (Å²) in [7, 11) is 0. The van der Waals surface area contributed by atoms with Crippen molar-refractivity contribution in [2.24, 2.45) is 5.10 Å². The van der Waals surface area contributed by atoms with E-state index in [4.69, 9.17) is 4.74 Å². The molecule has 0 bridgehead atoms. The molecule has 0 spiro atoms. The quantitative estimate of drug-likeness (QED) is 0.173. The number of anilines is 1. The standard InChI is InChI=1S/C20H13N5O8/c26-20(14-9-17(24(29)30)11-18(10-14)25(31)32)33-19-3-1-2-13(8-19)12-21-22-15-4-6-16(7-5-15)23(27)28/h1-12,22H/b21-12-. The van der Waals surface area contributed by atoms with Crippen molar-refractivity contribution in [2.75, 3.05) is 5.43 Å². The number of esters is 1. The van der Waals surface area contributed by atoms with Crippen molar-refractivity contribution >= 4 is 34.9 Å². The maximum absolute atomic E-state index is 12.4. The molecule has 0 radical (unpaired) electrons. The van der Waals surface area contributed by atoms with Crippen molar-refractivity contribution < 1.29 is 24.3 Å². The van der Waals surface area contributed by atoms with Crippen LogP contribution in [0.4, 0.5) is 22.7 Å². The molecule has 0 aliphatic heterocycles. The van der Waals surface area contributed by atoms with Crippen LogP contribution in [0.2, 0.25) is 0 Å². The van der Waals surface area contributed by atoms with Gasteiger partial charge < -0.3 is 4.74 Å². The maximum Gasteiger partial charge on any atom is 0.344 e. The molecule has 0 unspecified atom stereocenters. The minimum atomic E-state index is -1.01. The van der Waals surface area contributed by atoms with E-state index in [2.05, 4.69) is 10.5 Å². The Morgan fingerprint density at radius 3 is 2.00 bits per heavy atom. The van der Waals surface area contributed by atoms with E-state index in [1.54, 1.807) is 12.1 Å². The number of nitrogens with zero attached hydrogens (tertiary/aromatic N) is 4. The van der Waals surface area contributed by atoms with Crippen molar-refractivity contribution in [3.8, 4) is 5.75 Å². The number of benzene rings is 3. The highest BCUT2D eigenvalue weighted by Gasteiger charge is 2.21. The Bertz CT molecular complexity index is 1240. The minimum Gasteiger partial charge on any atom is -0.423 e. The molecule has 0 aliphatic carbocycles. The predicted octanol–water partition coefficient (Wildman–Crippen LogP) is 4.08. The van der Waals surface area contributed by atoms with Gasteiger partial charge in [0.2, 0.25) is 0 Å². The zero-order chi connectivity index (χ0) is 24.0. The summed E-state index contributed by atoms with van der Waals surface area (Å²) >= 11 is 0. The molecule has 13 heteroatoms. The number of ether oxygens (including phenoxy) is 1. The highest BCUT2D eigenvalue weighted by molar-refractivity contribution is 5.93. The fourth-order valence-electron chi connectivity index (χ4n) is 2.59. The Morgan fingerprint density at radius 2 is 1.42 bits per heavy atom. The molecular formula is C20H13N5O8. The number of non-ortho nitro benzene ring substituents is 3. The second-order valence-corrected chi connectivity index (χ2v) is 6.39. The molecule has 3 aromatic carbocycles. The number of hydrogen-bond donors (Lipinski definition) is 1. The maximum atomic E-state index is 12.4. The van der Waals surface area contributed by atoms with Crippen molar-refractivity contribution in [3.63, 3.8) is 0 Å². The first-order valence-electron chi connectivity index (χ1n) is 9.02. The molecule has 0 saturated carbocycles. The van der Waals surface area contributed by atoms with E-state index in [0.717, 1.165) is 18.2 Å². The van der Waals surface area contributed by atoms with E-state index < -0.39 is 32.1 Å². The molecular weight excluding hydrogens is 438 g/mol. The molecule has 166 valence electrons. The molecule has 3 rings (SSSR count). The fraction of sp³-hybridized carbons (Fsp3) is 0. The first kappa shape index (κ1) is 22.5. The number of nitro groups is 3. The Kier molecular flexibility index (Phi) is 6.64. The van der Waals surface area contributed by atoms with Gasteiger partial charge in [0.15, 0.2) is 0 Å². The van der Waals surface area contributed by atoms with Gasteiger partial charge in [0.05, 0.1) is 38.3 Å². The summed E-state index contributed by atoms with van der Waals surface area (Å²) < 4.78 is 5.18. The molecule has 0 atom stereocenters. The second kappa shape index (κ2) is 9.74. The lowest BCUT2D eigenvalue weighted by molar-refractivity contribution is -0.394. The normalized spacial score (nSPS) is 10.5. The molecule has 13 nitrogen and oxygen atoms in total. The first-order valence-corrected chi connectivity index (χ1v) is 9.02. The van der Waals surface area contributed by atoms with Crippen molar-refractivity contribution in [1.82, 2.24) is 0 Å². The second-order valence-electron chi connectivity index (χ2n) is 6.39. The first-order chi connectivity index (χ1) is 15.7. The van der Waals surface area contributed by atoms with Crippen LogP contribution in [0.25, 0.3) is 0 Å². The Hall–Kier alpha value is -5.20. The number of hydrogen-bond acceptors (Lipinski definition) is 10. The van der Waals surface area contributed by atoms with Gasteiger partial charge in [-0.05, 0) is 29.8 Å². The van der Waals surface area contributed by atoms with E-state index in [-0.39, 0.29) is 17.0 Å². The monoisotopic (exact) mass is 451 g/mol. The lowest BCUT2D eigenvalue weighted by atomic mass is 10.1. The molecule has 33 heavy (non-hydrogen) atoms.